The van der Waals surface area contributed by atoms with Gasteiger partial charge in [-0.2, -0.15) is 0 Å². The molecule has 1 heterocycles. The monoisotopic (exact) mass is 300 g/mol. The molecule has 0 radical (unpaired) electrons. The highest BCUT2D eigenvalue weighted by atomic mass is 79.9. The van der Waals surface area contributed by atoms with E-state index >= 15 is 0 Å². The number of carbonyl (C=O) groups excluding carboxylic acids is 1. The Kier molecular flexibility index (Phi) is 3.02. The quantitative estimate of drug-likeness (QED) is 0.615. The first kappa shape index (κ1) is 11.2. The van der Waals surface area contributed by atoms with Crippen molar-refractivity contribution in [3.8, 4) is 0 Å². The van der Waals surface area contributed by atoms with Crippen molar-refractivity contribution in [1.82, 2.24) is 10.6 Å². The fourth-order valence-corrected chi connectivity index (χ4v) is 1.85. The van der Waals surface area contributed by atoms with Crippen molar-refractivity contribution in [2.45, 2.75) is 0 Å². The lowest BCUT2D eigenvalue weighted by molar-refractivity contribution is -0.115. The van der Waals surface area contributed by atoms with Crippen LogP contribution in [-0.4, -0.2) is 11.0 Å². The van der Waals surface area contributed by atoms with Crippen molar-refractivity contribution in [3.63, 3.8) is 0 Å². The SMILES string of the molecule is O=C1NC(=S)N/C1=C\c1ccc(F)c(Br)c1. The Balaban J connectivity index is 2.32. The van der Waals surface area contributed by atoms with Crippen LogP contribution in [0.15, 0.2) is 28.4 Å². The van der Waals surface area contributed by atoms with Crippen LogP contribution in [0.25, 0.3) is 6.08 Å². The number of halogens is 2. The van der Waals surface area contributed by atoms with Crippen LogP contribution in [0.2, 0.25) is 0 Å². The van der Waals surface area contributed by atoms with Gasteiger partial charge in [-0.05, 0) is 51.9 Å². The van der Waals surface area contributed by atoms with Gasteiger partial charge in [-0.15, -0.1) is 0 Å². The van der Waals surface area contributed by atoms with E-state index in [1.54, 1.807) is 18.2 Å². The molecule has 2 rings (SSSR count). The first-order chi connectivity index (χ1) is 7.56. The zero-order valence-electron chi connectivity index (χ0n) is 7.88. The van der Waals surface area contributed by atoms with E-state index in [4.69, 9.17) is 12.2 Å². The second-order valence-corrected chi connectivity index (χ2v) is 4.40. The zero-order valence-corrected chi connectivity index (χ0v) is 10.3. The normalized spacial score (nSPS) is 17.5. The topological polar surface area (TPSA) is 41.1 Å². The third-order valence-corrected chi connectivity index (χ3v) is 2.79. The van der Waals surface area contributed by atoms with Gasteiger partial charge in [-0.25, -0.2) is 4.39 Å². The van der Waals surface area contributed by atoms with Crippen LogP contribution in [0.5, 0.6) is 0 Å². The van der Waals surface area contributed by atoms with E-state index in [-0.39, 0.29) is 16.8 Å². The molecule has 3 nitrogen and oxygen atoms in total. The minimum Gasteiger partial charge on any atom is -0.328 e. The van der Waals surface area contributed by atoms with E-state index in [0.717, 1.165) is 0 Å². The highest BCUT2D eigenvalue weighted by molar-refractivity contribution is 9.10. The van der Waals surface area contributed by atoms with Gasteiger partial charge in [0.25, 0.3) is 5.91 Å². The lowest BCUT2D eigenvalue weighted by atomic mass is 10.2. The number of benzene rings is 1. The minimum atomic E-state index is -0.346. The van der Waals surface area contributed by atoms with Gasteiger partial charge in [0, 0.05) is 0 Å². The van der Waals surface area contributed by atoms with Crippen molar-refractivity contribution in [2.75, 3.05) is 0 Å². The molecule has 1 saturated heterocycles. The molecule has 0 spiro atoms. The molecule has 0 aliphatic carbocycles. The van der Waals surface area contributed by atoms with Gasteiger partial charge in [0.2, 0.25) is 0 Å². The van der Waals surface area contributed by atoms with Crippen molar-refractivity contribution in [3.05, 3.63) is 39.7 Å². The summed E-state index contributed by atoms with van der Waals surface area (Å²) in [5.41, 5.74) is 1.05. The molecule has 1 aromatic rings. The Bertz CT molecular complexity index is 516. The Labute approximate surface area is 105 Å². The first-order valence-corrected chi connectivity index (χ1v) is 5.55. The fraction of sp³-hybridized carbons (Fsp3) is 0. The Morgan fingerprint density at radius 1 is 1.38 bits per heavy atom. The summed E-state index contributed by atoms with van der Waals surface area (Å²) < 4.78 is 13.3. The van der Waals surface area contributed by atoms with E-state index in [9.17, 15) is 9.18 Å². The van der Waals surface area contributed by atoms with Gasteiger partial charge in [0.1, 0.15) is 11.5 Å². The van der Waals surface area contributed by atoms with Gasteiger partial charge in [0.05, 0.1) is 4.47 Å². The molecule has 82 valence electrons. The van der Waals surface area contributed by atoms with Gasteiger partial charge in [0.15, 0.2) is 5.11 Å². The highest BCUT2D eigenvalue weighted by Crippen LogP contribution is 2.18. The second kappa shape index (κ2) is 4.31. The van der Waals surface area contributed by atoms with E-state index < -0.39 is 0 Å². The molecule has 1 fully saturated rings. The standard InChI is InChI=1S/C10H6BrFN2OS/c11-6-3-5(1-2-7(6)12)4-8-9(15)14-10(16)13-8/h1-4H,(H2,13,14,15,16)/b8-4-. The average Bonchev–Trinajstić information content (AvgIpc) is 2.51. The van der Waals surface area contributed by atoms with Gasteiger partial charge in [-0.1, -0.05) is 6.07 Å². The number of carbonyl (C=O) groups is 1. The van der Waals surface area contributed by atoms with Crippen LogP contribution < -0.4 is 10.6 Å². The summed E-state index contributed by atoms with van der Waals surface area (Å²) in [5.74, 6) is -0.632. The van der Waals surface area contributed by atoms with Crippen molar-refractivity contribution in [1.29, 1.82) is 0 Å². The molecular weight excluding hydrogens is 295 g/mol. The van der Waals surface area contributed by atoms with Crippen LogP contribution in [0.4, 0.5) is 4.39 Å². The van der Waals surface area contributed by atoms with Crippen molar-refractivity contribution >= 4 is 45.2 Å². The Morgan fingerprint density at radius 3 is 2.69 bits per heavy atom. The summed E-state index contributed by atoms with van der Waals surface area (Å²) in [6.07, 6.45) is 1.60. The summed E-state index contributed by atoms with van der Waals surface area (Å²) in [5, 5.41) is 5.42. The molecule has 16 heavy (non-hydrogen) atoms. The molecule has 0 bridgehead atoms. The largest absolute Gasteiger partial charge is 0.328 e. The maximum Gasteiger partial charge on any atom is 0.273 e. The number of rotatable bonds is 1. The van der Waals surface area contributed by atoms with Crippen LogP contribution in [0.1, 0.15) is 5.56 Å². The third-order valence-electron chi connectivity index (χ3n) is 1.97. The summed E-state index contributed by atoms with van der Waals surface area (Å²) in [7, 11) is 0. The molecule has 0 saturated carbocycles. The summed E-state index contributed by atoms with van der Waals surface area (Å²) in [6, 6.07) is 4.48. The molecule has 6 heteroatoms. The minimum absolute atomic E-state index is 0.275. The maximum atomic E-state index is 13.0. The van der Waals surface area contributed by atoms with Crippen LogP contribution in [-0.2, 0) is 4.79 Å². The van der Waals surface area contributed by atoms with Crippen LogP contribution in [0, 0.1) is 5.82 Å². The predicted octanol–water partition coefficient (Wildman–Crippen LogP) is 1.93. The summed E-state index contributed by atoms with van der Waals surface area (Å²) >= 11 is 7.85. The van der Waals surface area contributed by atoms with E-state index in [1.165, 1.54) is 6.07 Å². The van der Waals surface area contributed by atoms with Crippen molar-refractivity contribution in [2.24, 2.45) is 0 Å². The molecule has 1 aliphatic rings. The molecular formula is C10H6BrFN2OS. The molecule has 0 atom stereocenters. The lowest BCUT2D eigenvalue weighted by Crippen LogP contribution is -2.21. The van der Waals surface area contributed by atoms with Gasteiger partial charge >= 0.3 is 0 Å². The van der Waals surface area contributed by atoms with Crippen LogP contribution in [0.3, 0.4) is 0 Å². The molecule has 2 N–H and O–H groups in total. The zero-order chi connectivity index (χ0) is 11.7. The second-order valence-electron chi connectivity index (χ2n) is 3.14. The Hall–Kier alpha value is -1.27. The maximum absolute atomic E-state index is 13.0. The predicted molar refractivity (Wildman–Crippen MR) is 66.0 cm³/mol. The first-order valence-electron chi connectivity index (χ1n) is 4.35. The van der Waals surface area contributed by atoms with E-state index in [1.807, 2.05) is 0 Å². The fourth-order valence-electron chi connectivity index (χ4n) is 1.25. The molecule has 0 unspecified atom stereocenters. The number of hydrogen-bond donors (Lipinski definition) is 2. The van der Waals surface area contributed by atoms with Crippen LogP contribution >= 0.6 is 28.1 Å². The lowest BCUT2D eigenvalue weighted by Gasteiger charge is -1.98. The average molecular weight is 301 g/mol. The summed E-state index contributed by atoms with van der Waals surface area (Å²) in [6.45, 7) is 0. The van der Waals surface area contributed by atoms with E-state index in [2.05, 4.69) is 26.6 Å². The molecule has 1 aliphatic heterocycles. The molecule has 1 aromatic carbocycles. The number of amides is 1. The number of nitrogens with one attached hydrogen (secondary N) is 2. The van der Waals surface area contributed by atoms with E-state index in [0.29, 0.717) is 15.7 Å². The van der Waals surface area contributed by atoms with Gasteiger partial charge < -0.3 is 5.32 Å². The smallest absolute Gasteiger partial charge is 0.273 e. The van der Waals surface area contributed by atoms with Gasteiger partial charge in [-0.3, -0.25) is 10.1 Å². The number of thiocarbonyl (C=S) groups is 1. The molecule has 0 aromatic heterocycles. The number of hydrogen-bond acceptors (Lipinski definition) is 2. The summed E-state index contributed by atoms with van der Waals surface area (Å²) in [4.78, 5) is 11.3. The van der Waals surface area contributed by atoms with Crippen molar-refractivity contribution < 1.29 is 9.18 Å². The Morgan fingerprint density at radius 2 is 2.12 bits per heavy atom. The molecule has 1 amide bonds. The highest BCUT2D eigenvalue weighted by Gasteiger charge is 2.19. The third kappa shape index (κ3) is 2.28.